The molecule has 8 nitrogen and oxygen atoms in total. The number of amides is 1. The molecular weight excluding hydrogens is 406 g/mol. The van der Waals surface area contributed by atoms with Crippen LogP contribution in [0.4, 0.5) is 25.0 Å². The molecule has 158 valence electrons. The van der Waals surface area contributed by atoms with E-state index in [2.05, 4.69) is 0 Å². The summed E-state index contributed by atoms with van der Waals surface area (Å²) < 4.78 is 34.8. The average molecular weight is 428 g/mol. The fourth-order valence-corrected chi connectivity index (χ4v) is 3.45. The van der Waals surface area contributed by atoms with Crippen molar-refractivity contribution >= 4 is 40.6 Å². The normalized spacial score (nSPS) is 19.9. The van der Waals surface area contributed by atoms with E-state index < -0.39 is 23.8 Å². The van der Waals surface area contributed by atoms with Crippen molar-refractivity contribution in [1.29, 1.82) is 0 Å². The van der Waals surface area contributed by atoms with Crippen molar-refractivity contribution in [2.45, 2.75) is 25.9 Å². The average Bonchev–Trinajstić information content (AvgIpc) is 2.85. The van der Waals surface area contributed by atoms with E-state index in [-0.39, 0.29) is 61.5 Å². The monoisotopic (exact) mass is 428 g/mol. The number of cyclic esters (lactones) is 1. The quantitative estimate of drug-likeness (QED) is 0.712. The van der Waals surface area contributed by atoms with Gasteiger partial charge in [-0.1, -0.05) is 0 Å². The second-order valence-electron chi connectivity index (χ2n) is 6.88. The van der Waals surface area contributed by atoms with E-state index in [9.17, 15) is 18.4 Å². The number of anilines is 2. The third-order valence-electron chi connectivity index (χ3n) is 4.75. The molecule has 2 saturated heterocycles. The highest BCUT2D eigenvalue weighted by atomic mass is 32.1. The maximum Gasteiger partial charge on any atom is 0.414 e. The van der Waals surface area contributed by atoms with Crippen LogP contribution in [0.5, 0.6) is 0 Å². The van der Waals surface area contributed by atoms with Gasteiger partial charge >= 0.3 is 6.09 Å². The molecule has 0 saturated carbocycles. The molecular formula is C18H22F2N4O4S. The van der Waals surface area contributed by atoms with E-state index in [4.69, 9.17) is 27.5 Å². The van der Waals surface area contributed by atoms with Crippen LogP contribution < -0.4 is 15.5 Å². The zero-order chi connectivity index (χ0) is 21.1. The predicted octanol–water partition coefficient (Wildman–Crippen LogP) is 1.96. The SMILES string of the molecule is CC(=O)CC[C@H]1CN(c2cc(F)c(N3CCON(C(N)=S)CC3)c(F)c2)C(=O)O1. The van der Waals surface area contributed by atoms with Gasteiger partial charge in [0.2, 0.25) is 0 Å². The number of hydroxylamine groups is 2. The van der Waals surface area contributed by atoms with Gasteiger partial charge in [0.05, 0.1) is 25.4 Å². The van der Waals surface area contributed by atoms with E-state index in [1.807, 2.05) is 0 Å². The number of Topliss-reactive ketones (excluding diaryl/α,β-unsaturated/α-hetero) is 1. The molecule has 2 aliphatic heterocycles. The van der Waals surface area contributed by atoms with Gasteiger partial charge in [0.1, 0.15) is 17.6 Å². The molecule has 1 aromatic rings. The van der Waals surface area contributed by atoms with Crippen LogP contribution in [-0.2, 0) is 14.4 Å². The molecule has 0 spiro atoms. The highest BCUT2D eigenvalue weighted by molar-refractivity contribution is 7.80. The Morgan fingerprint density at radius 1 is 1.28 bits per heavy atom. The number of nitrogens with zero attached hydrogens (tertiary/aromatic N) is 3. The second kappa shape index (κ2) is 8.87. The number of ether oxygens (including phenoxy) is 1. The Labute approximate surface area is 172 Å². The van der Waals surface area contributed by atoms with Crippen LogP contribution in [0, 0.1) is 11.6 Å². The molecule has 0 unspecified atom stereocenters. The molecule has 2 aliphatic rings. The summed E-state index contributed by atoms with van der Waals surface area (Å²) >= 11 is 4.86. The molecule has 2 fully saturated rings. The van der Waals surface area contributed by atoms with Crippen LogP contribution in [0.1, 0.15) is 19.8 Å². The lowest BCUT2D eigenvalue weighted by atomic mass is 10.1. The first-order valence-electron chi connectivity index (χ1n) is 9.17. The molecule has 1 atom stereocenters. The molecule has 1 aromatic carbocycles. The van der Waals surface area contributed by atoms with E-state index in [0.29, 0.717) is 6.42 Å². The highest BCUT2D eigenvalue weighted by Gasteiger charge is 2.33. The van der Waals surface area contributed by atoms with Crippen molar-refractivity contribution in [3.05, 3.63) is 23.8 Å². The summed E-state index contributed by atoms with van der Waals surface area (Å²) in [5.41, 5.74) is 5.39. The van der Waals surface area contributed by atoms with E-state index in [1.54, 1.807) is 0 Å². The number of rotatable bonds is 5. The van der Waals surface area contributed by atoms with Crippen molar-refractivity contribution in [2.75, 3.05) is 42.6 Å². The highest BCUT2D eigenvalue weighted by Crippen LogP contribution is 2.31. The van der Waals surface area contributed by atoms with Crippen LogP contribution in [-0.4, -0.2) is 60.9 Å². The smallest absolute Gasteiger partial charge is 0.414 e. The molecule has 2 heterocycles. The van der Waals surface area contributed by atoms with Gasteiger partial charge < -0.3 is 20.2 Å². The van der Waals surface area contributed by atoms with Gasteiger partial charge in [-0.05, 0) is 25.6 Å². The summed E-state index contributed by atoms with van der Waals surface area (Å²) in [5, 5.41) is 1.36. The van der Waals surface area contributed by atoms with Gasteiger partial charge in [0, 0.05) is 31.6 Å². The van der Waals surface area contributed by atoms with Gasteiger partial charge in [0.15, 0.2) is 16.7 Å². The molecule has 29 heavy (non-hydrogen) atoms. The minimum atomic E-state index is -0.802. The largest absolute Gasteiger partial charge is 0.444 e. The Hall–Kier alpha value is -2.53. The van der Waals surface area contributed by atoms with Crippen molar-refractivity contribution in [3.63, 3.8) is 0 Å². The number of ketones is 1. The summed E-state index contributed by atoms with van der Waals surface area (Å²) in [4.78, 5) is 31.2. The Morgan fingerprint density at radius 2 is 1.97 bits per heavy atom. The van der Waals surface area contributed by atoms with Crippen LogP contribution in [0.2, 0.25) is 0 Å². The van der Waals surface area contributed by atoms with E-state index in [1.165, 1.54) is 21.8 Å². The predicted molar refractivity (Wildman–Crippen MR) is 106 cm³/mol. The number of carbonyl (C=O) groups is 2. The fourth-order valence-electron chi connectivity index (χ4n) is 3.30. The maximum absolute atomic E-state index is 14.8. The summed E-state index contributed by atoms with van der Waals surface area (Å²) in [5.74, 6) is -1.62. The number of halogens is 2. The van der Waals surface area contributed by atoms with Crippen LogP contribution in [0.3, 0.4) is 0 Å². The molecule has 2 N–H and O–H groups in total. The topological polar surface area (TPSA) is 88.3 Å². The number of thiocarbonyl (C=S) groups is 1. The van der Waals surface area contributed by atoms with Gasteiger partial charge in [0.25, 0.3) is 0 Å². The van der Waals surface area contributed by atoms with Crippen molar-refractivity contribution in [3.8, 4) is 0 Å². The minimum Gasteiger partial charge on any atom is -0.444 e. The Bertz CT molecular complexity index is 802. The number of benzene rings is 1. The second-order valence-corrected chi connectivity index (χ2v) is 7.29. The van der Waals surface area contributed by atoms with Crippen molar-refractivity contribution in [1.82, 2.24) is 5.06 Å². The molecule has 0 aliphatic carbocycles. The first-order valence-corrected chi connectivity index (χ1v) is 9.58. The Balaban J connectivity index is 1.75. The Kier molecular flexibility index (Phi) is 6.48. The molecule has 3 rings (SSSR count). The standard InChI is InChI=1S/C18H22F2N4O4S/c1-11(25)2-3-13-10-23(18(26)28-13)12-8-14(19)16(15(20)9-12)22-4-5-24(17(21)29)27-7-6-22/h8-9,13H,2-7,10H2,1H3,(H2,21,29)/t13-/m0/s1. The lowest BCUT2D eigenvalue weighted by Crippen LogP contribution is -2.38. The van der Waals surface area contributed by atoms with Crippen LogP contribution in [0.15, 0.2) is 12.1 Å². The molecule has 1 amide bonds. The number of nitrogens with two attached hydrogens (primary N) is 1. The van der Waals surface area contributed by atoms with Crippen molar-refractivity contribution < 1.29 is 27.9 Å². The van der Waals surface area contributed by atoms with E-state index >= 15 is 0 Å². The maximum atomic E-state index is 14.8. The number of carbonyl (C=O) groups excluding carboxylic acids is 2. The first kappa shape index (κ1) is 21.2. The van der Waals surface area contributed by atoms with Gasteiger partial charge in [-0.2, -0.15) is 0 Å². The lowest BCUT2D eigenvalue weighted by Gasteiger charge is -2.24. The van der Waals surface area contributed by atoms with E-state index in [0.717, 1.165) is 12.1 Å². The lowest BCUT2D eigenvalue weighted by molar-refractivity contribution is -0.117. The molecule has 0 aromatic heterocycles. The Morgan fingerprint density at radius 3 is 2.59 bits per heavy atom. The molecule has 11 heteroatoms. The van der Waals surface area contributed by atoms with Gasteiger partial charge in [-0.25, -0.2) is 18.6 Å². The summed E-state index contributed by atoms with van der Waals surface area (Å²) in [6, 6.07) is 2.20. The molecule has 0 bridgehead atoms. The van der Waals surface area contributed by atoms with Crippen molar-refractivity contribution in [2.24, 2.45) is 5.73 Å². The zero-order valence-electron chi connectivity index (χ0n) is 15.9. The van der Waals surface area contributed by atoms with Crippen LogP contribution in [0.25, 0.3) is 0 Å². The number of hydrogen-bond acceptors (Lipinski definition) is 6. The summed E-state index contributed by atoms with van der Waals surface area (Å²) in [6.45, 7) is 2.49. The summed E-state index contributed by atoms with van der Waals surface area (Å²) in [7, 11) is 0. The fraction of sp³-hybridized carbons (Fsp3) is 0.500. The van der Waals surface area contributed by atoms with Gasteiger partial charge in [-0.15, -0.1) is 0 Å². The summed E-state index contributed by atoms with van der Waals surface area (Å²) in [6.07, 6.45) is -0.548. The first-order chi connectivity index (χ1) is 13.8. The molecule has 0 radical (unpaired) electrons. The zero-order valence-corrected chi connectivity index (χ0v) is 16.7. The minimum absolute atomic E-state index is 0.0173. The third kappa shape index (κ3) is 4.91. The third-order valence-corrected chi connectivity index (χ3v) is 4.95. The number of hydrogen-bond donors (Lipinski definition) is 1. The van der Waals surface area contributed by atoms with Crippen LogP contribution >= 0.6 is 12.2 Å². The van der Waals surface area contributed by atoms with Gasteiger partial charge in [-0.3, -0.25) is 9.74 Å².